The Hall–Kier alpha value is -2.93. The van der Waals surface area contributed by atoms with E-state index in [0.29, 0.717) is 5.88 Å². The van der Waals surface area contributed by atoms with Crippen molar-refractivity contribution < 1.29 is 18.4 Å². The number of aryl methyl sites for hydroxylation is 1. The van der Waals surface area contributed by atoms with Crippen LogP contribution in [-0.2, 0) is 6.54 Å². The van der Waals surface area contributed by atoms with Crippen molar-refractivity contribution in [2.75, 3.05) is 0 Å². The molecule has 2 aromatic heterocycles. The van der Waals surface area contributed by atoms with Crippen molar-refractivity contribution in [3.05, 3.63) is 64.3 Å². The summed E-state index contributed by atoms with van der Waals surface area (Å²) in [5, 5.41) is 6.85. The van der Waals surface area contributed by atoms with Crippen molar-refractivity contribution >= 4 is 17.5 Å². The van der Waals surface area contributed by atoms with Crippen molar-refractivity contribution in [2.24, 2.45) is 0 Å². The van der Waals surface area contributed by atoms with Gasteiger partial charge in [-0.15, -0.1) is 0 Å². The number of hydrogen-bond donors (Lipinski definition) is 1. The fourth-order valence-electron chi connectivity index (χ4n) is 3.63. The molecule has 0 unspecified atom stereocenters. The first kappa shape index (κ1) is 20.3. The Morgan fingerprint density at radius 2 is 2.10 bits per heavy atom. The molecule has 0 radical (unpaired) electrons. The average molecular weight is 430 g/mol. The maximum Gasteiger partial charge on any atom is 0.257 e. The first-order chi connectivity index (χ1) is 14.5. The van der Waals surface area contributed by atoms with Gasteiger partial charge in [0.25, 0.3) is 5.91 Å². The summed E-state index contributed by atoms with van der Waals surface area (Å²) in [4.78, 5) is 17.3. The molecule has 8 heteroatoms. The highest BCUT2D eigenvalue weighted by Crippen LogP contribution is 2.33. The Kier molecular flexibility index (Phi) is 5.99. The third kappa shape index (κ3) is 4.16. The minimum Gasteiger partial charge on any atom is -0.474 e. The van der Waals surface area contributed by atoms with Gasteiger partial charge >= 0.3 is 0 Å². The number of carbonyl (C=O) groups is 1. The molecule has 0 saturated heterocycles. The van der Waals surface area contributed by atoms with Crippen LogP contribution in [0.25, 0.3) is 11.3 Å². The Morgan fingerprint density at radius 3 is 2.87 bits per heavy atom. The zero-order valence-corrected chi connectivity index (χ0v) is 17.2. The third-order valence-electron chi connectivity index (χ3n) is 5.16. The molecular weight excluding hydrogens is 409 g/mol. The quantitative estimate of drug-likeness (QED) is 0.590. The summed E-state index contributed by atoms with van der Waals surface area (Å²) < 4.78 is 25.6. The van der Waals surface area contributed by atoms with Gasteiger partial charge in [0.05, 0.1) is 10.6 Å². The molecule has 0 bridgehead atoms. The first-order valence-corrected chi connectivity index (χ1v) is 10.2. The third-order valence-corrected chi connectivity index (χ3v) is 5.47. The van der Waals surface area contributed by atoms with Crippen molar-refractivity contribution in [3.63, 3.8) is 0 Å². The van der Waals surface area contributed by atoms with Crippen LogP contribution in [0.15, 0.2) is 41.1 Å². The van der Waals surface area contributed by atoms with E-state index in [4.69, 9.17) is 20.9 Å². The lowest BCUT2D eigenvalue weighted by Gasteiger charge is -2.15. The van der Waals surface area contributed by atoms with Gasteiger partial charge in [-0.05, 0) is 50.8 Å². The average Bonchev–Trinajstić information content (AvgIpc) is 3.37. The molecule has 4 rings (SSSR count). The van der Waals surface area contributed by atoms with Crippen molar-refractivity contribution in [1.29, 1.82) is 0 Å². The number of ether oxygens (including phenoxy) is 1. The number of aromatic nitrogens is 2. The molecule has 1 fully saturated rings. The van der Waals surface area contributed by atoms with Gasteiger partial charge in [-0.25, -0.2) is 9.37 Å². The largest absolute Gasteiger partial charge is 0.474 e. The number of benzene rings is 1. The number of nitrogens with zero attached hydrogens (tertiary/aromatic N) is 2. The van der Waals surface area contributed by atoms with Gasteiger partial charge in [-0.2, -0.15) is 0 Å². The highest BCUT2D eigenvalue weighted by atomic mass is 35.5. The van der Waals surface area contributed by atoms with E-state index in [9.17, 15) is 9.18 Å². The van der Waals surface area contributed by atoms with E-state index >= 15 is 0 Å². The Bertz CT molecular complexity index is 1040. The van der Waals surface area contributed by atoms with E-state index in [-0.39, 0.29) is 40.3 Å². The second-order valence-corrected chi connectivity index (χ2v) is 7.64. The molecule has 0 aliphatic heterocycles. The number of pyridine rings is 1. The number of hydrogen-bond acceptors (Lipinski definition) is 5. The van der Waals surface area contributed by atoms with Crippen LogP contribution in [0.1, 0.15) is 47.4 Å². The summed E-state index contributed by atoms with van der Waals surface area (Å²) in [6.45, 7) is 1.79. The summed E-state index contributed by atoms with van der Waals surface area (Å²) >= 11 is 6.15. The molecule has 1 N–H and O–H groups in total. The van der Waals surface area contributed by atoms with Gasteiger partial charge in [0, 0.05) is 18.3 Å². The Balaban J connectivity index is 1.54. The predicted molar refractivity (Wildman–Crippen MR) is 110 cm³/mol. The number of amides is 1. The zero-order chi connectivity index (χ0) is 21.1. The highest BCUT2D eigenvalue weighted by molar-refractivity contribution is 6.33. The molecule has 1 aliphatic carbocycles. The van der Waals surface area contributed by atoms with E-state index < -0.39 is 11.7 Å². The summed E-state index contributed by atoms with van der Waals surface area (Å²) in [5.41, 5.74) is 1.01. The predicted octanol–water partition coefficient (Wildman–Crippen LogP) is 5.09. The minimum absolute atomic E-state index is 0.0350. The SMILES string of the molecule is Cc1onc(-c2c(F)cccc2Cl)c1C(=O)NCc1cccnc1OC1CCCC1. The van der Waals surface area contributed by atoms with E-state index in [1.165, 1.54) is 18.2 Å². The second-order valence-electron chi connectivity index (χ2n) is 7.23. The highest BCUT2D eigenvalue weighted by Gasteiger charge is 2.26. The molecule has 1 aromatic carbocycles. The van der Waals surface area contributed by atoms with Gasteiger partial charge in [0.1, 0.15) is 28.9 Å². The summed E-state index contributed by atoms with van der Waals surface area (Å²) in [7, 11) is 0. The standard InChI is InChI=1S/C22H21ClFN3O3/c1-13-18(20(27-30-13)19-16(23)9-4-10-17(19)24)21(28)26-12-14-6-5-11-25-22(14)29-15-7-2-3-8-15/h4-6,9-11,15H,2-3,7-8,12H2,1H3,(H,26,28). The van der Waals surface area contributed by atoms with Gasteiger partial charge in [-0.3, -0.25) is 4.79 Å². The van der Waals surface area contributed by atoms with Crippen LogP contribution in [0, 0.1) is 12.7 Å². The van der Waals surface area contributed by atoms with Crippen LogP contribution in [0.4, 0.5) is 4.39 Å². The number of nitrogens with one attached hydrogen (secondary N) is 1. The van der Waals surface area contributed by atoms with Gasteiger partial charge < -0.3 is 14.6 Å². The summed E-state index contributed by atoms with van der Waals surface area (Å²) in [6.07, 6.45) is 6.14. The molecule has 0 atom stereocenters. The maximum atomic E-state index is 14.4. The lowest BCUT2D eigenvalue weighted by Crippen LogP contribution is -2.24. The molecule has 3 aromatic rings. The maximum absolute atomic E-state index is 14.4. The van der Waals surface area contributed by atoms with E-state index in [1.807, 2.05) is 6.07 Å². The van der Waals surface area contributed by atoms with Crippen LogP contribution < -0.4 is 10.1 Å². The zero-order valence-electron chi connectivity index (χ0n) is 16.5. The van der Waals surface area contributed by atoms with Crippen LogP contribution in [0.5, 0.6) is 5.88 Å². The monoisotopic (exact) mass is 429 g/mol. The lowest BCUT2D eigenvalue weighted by molar-refractivity contribution is 0.0949. The van der Waals surface area contributed by atoms with Gasteiger partial charge in [0.15, 0.2) is 0 Å². The van der Waals surface area contributed by atoms with E-state index in [2.05, 4.69) is 15.5 Å². The van der Waals surface area contributed by atoms with Crippen LogP contribution in [-0.4, -0.2) is 22.2 Å². The van der Waals surface area contributed by atoms with Crippen molar-refractivity contribution in [1.82, 2.24) is 15.5 Å². The Morgan fingerprint density at radius 1 is 1.30 bits per heavy atom. The van der Waals surface area contributed by atoms with Crippen LogP contribution >= 0.6 is 11.6 Å². The lowest BCUT2D eigenvalue weighted by atomic mass is 10.0. The van der Waals surface area contributed by atoms with Gasteiger partial charge in [-0.1, -0.05) is 28.9 Å². The molecule has 1 saturated carbocycles. The van der Waals surface area contributed by atoms with Crippen molar-refractivity contribution in [2.45, 2.75) is 45.3 Å². The number of halogens is 2. The normalized spacial score (nSPS) is 14.1. The molecule has 156 valence electrons. The summed E-state index contributed by atoms with van der Waals surface area (Å²) in [5.74, 6) is -0.234. The molecular formula is C22H21ClFN3O3. The summed E-state index contributed by atoms with van der Waals surface area (Å²) in [6, 6.07) is 7.93. The van der Waals surface area contributed by atoms with Crippen LogP contribution in [0.3, 0.4) is 0 Å². The van der Waals surface area contributed by atoms with Gasteiger partial charge in [0.2, 0.25) is 5.88 Å². The fraction of sp³-hybridized carbons (Fsp3) is 0.318. The number of rotatable bonds is 6. The molecule has 30 heavy (non-hydrogen) atoms. The van der Waals surface area contributed by atoms with Crippen molar-refractivity contribution in [3.8, 4) is 17.1 Å². The number of carbonyl (C=O) groups excluding carboxylic acids is 1. The smallest absolute Gasteiger partial charge is 0.257 e. The molecule has 1 aliphatic rings. The second kappa shape index (κ2) is 8.83. The fourth-order valence-corrected chi connectivity index (χ4v) is 3.88. The van der Waals surface area contributed by atoms with Crippen LogP contribution in [0.2, 0.25) is 5.02 Å². The molecule has 0 spiro atoms. The molecule has 2 heterocycles. The Labute approximate surface area is 178 Å². The molecule has 6 nitrogen and oxygen atoms in total. The van der Waals surface area contributed by atoms with E-state index in [0.717, 1.165) is 31.2 Å². The van der Waals surface area contributed by atoms with E-state index in [1.54, 1.807) is 19.2 Å². The first-order valence-electron chi connectivity index (χ1n) is 9.84. The molecule has 1 amide bonds. The topological polar surface area (TPSA) is 77.3 Å². The minimum atomic E-state index is -0.579.